The summed E-state index contributed by atoms with van der Waals surface area (Å²) in [5.41, 5.74) is 0. The molecule has 0 spiro atoms. The van der Waals surface area contributed by atoms with Gasteiger partial charge in [0, 0.05) is 4.88 Å². The van der Waals surface area contributed by atoms with Crippen LogP contribution in [0.2, 0.25) is 0 Å². The topological polar surface area (TPSA) is 83.5 Å². The number of carbonyl (C=O) groups is 1. The van der Waals surface area contributed by atoms with Gasteiger partial charge >= 0.3 is 5.97 Å². The smallest absolute Gasteiger partial charge is 0.321 e. The average molecular weight is 291 g/mol. The molecule has 0 bridgehead atoms. The van der Waals surface area contributed by atoms with Crippen molar-refractivity contribution in [3.8, 4) is 0 Å². The minimum absolute atomic E-state index is 0.0932. The molecule has 0 aliphatic carbocycles. The SMILES string of the molecule is CC(C)[C@H](NS(=O)(=O)CCc1cccs1)C(=O)O. The lowest BCUT2D eigenvalue weighted by Gasteiger charge is -2.17. The summed E-state index contributed by atoms with van der Waals surface area (Å²) < 4.78 is 25.8. The Morgan fingerprint density at radius 2 is 2.17 bits per heavy atom. The van der Waals surface area contributed by atoms with E-state index in [0.29, 0.717) is 6.42 Å². The van der Waals surface area contributed by atoms with E-state index < -0.39 is 22.0 Å². The lowest BCUT2D eigenvalue weighted by Crippen LogP contribution is -2.45. The molecule has 7 heteroatoms. The average Bonchev–Trinajstić information content (AvgIpc) is 2.75. The molecule has 1 rings (SSSR count). The van der Waals surface area contributed by atoms with E-state index in [9.17, 15) is 13.2 Å². The van der Waals surface area contributed by atoms with Crippen molar-refractivity contribution < 1.29 is 18.3 Å². The molecular formula is C11H17NO4S2. The first-order chi connectivity index (χ1) is 8.32. The maximum absolute atomic E-state index is 11.8. The van der Waals surface area contributed by atoms with Gasteiger partial charge in [0.2, 0.25) is 10.0 Å². The fourth-order valence-corrected chi connectivity index (χ4v) is 3.62. The fourth-order valence-electron chi connectivity index (χ4n) is 1.41. The van der Waals surface area contributed by atoms with Gasteiger partial charge in [-0.05, 0) is 23.8 Å². The van der Waals surface area contributed by atoms with Crippen molar-refractivity contribution in [1.82, 2.24) is 4.72 Å². The number of nitrogens with one attached hydrogen (secondary N) is 1. The quantitative estimate of drug-likeness (QED) is 0.793. The highest BCUT2D eigenvalue weighted by Crippen LogP contribution is 2.11. The van der Waals surface area contributed by atoms with E-state index in [1.807, 2.05) is 17.5 Å². The first-order valence-corrected chi connectivity index (χ1v) is 8.10. The highest BCUT2D eigenvalue weighted by molar-refractivity contribution is 7.89. The zero-order valence-electron chi connectivity index (χ0n) is 10.3. The van der Waals surface area contributed by atoms with E-state index in [2.05, 4.69) is 4.72 Å². The van der Waals surface area contributed by atoms with E-state index in [1.165, 1.54) is 11.3 Å². The molecule has 0 fully saturated rings. The summed E-state index contributed by atoms with van der Waals surface area (Å²) in [6.07, 6.45) is 0.400. The van der Waals surface area contributed by atoms with Gasteiger partial charge in [-0.3, -0.25) is 4.79 Å². The van der Waals surface area contributed by atoms with Crippen LogP contribution in [0, 0.1) is 5.92 Å². The molecule has 1 aromatic rings. The van der Waals surface area contributed by atoms with Crippen LogP contribution in [0.15, 0.2) is 17.5 Å². The Bertz CT molecular complexity index is 479. The molecule has 2 N–H and O–H groups in total. The predicted octanol–water partition coefficient (Wildman–Crippen LogP) is 1.32. The Morgan fingerprint density at radius 3 is 2.61 bits per heavy atom. The molecular weight excluding hydrogens is 274 g/mol. The highest BCUT2D eigenvalue weighted by atomic mass is 32.2. The normalized spacial score (nSPS) is 13.7. The number of thiophene rings is 1. The van der Waals surface area contributed by atoms with Gasteiger partial charge in [0.1, 0.15) is 6.04 Å². The van der Waals surface area contributed by atoms with Crippen LogP contribution in [0.25, 0.3) is 0 Å². The van der Waals surface area contributed by atoms with Crippen molar-refractivity contribution >= 4 is 27.3 Å². The molecule has 5 nitrogen and oxygen atoms in total. The zero-order chi connectivity index (χ0) is 13.8. The number of hydrogen-bond donors (Lipinski definition) is 2. The van der Waals surface area contributed by atoms with E-state index in [0.717, 1.165) is 4.88 Å². The Kier molecular flexibility index (Phi) is 5.30. The van der Waals surface area contributed by atoms with Crippen LogP contribution in [-0.2, 0) is 21.2 Å². The van der Waals surface area contributed by atoms with Crippen molar-refractivity contribution in [2.45, 2.75) is 26.3 Å². The predicted molar refractivity (Wildman–Crippen MR) is 71.2 cm³/mol. The van der Waals surface area contributed by atoms with Gasteiger partial charge in [-0.25, -0.2) is 13.1 Å². The molecule has 0 unspecified atom stereocenters. The van der Waals surface area contributed by atoms with E-state index in [4.69, 9.17) is 5.11 Å². The van der Waals surface area contributed by atoms with Crippen molar-refractivity contribution in [2.24, 2.45) is 5.92 Å². The Balaban J connectivity index is 2.60. The molecule has 102 valence electrons. The molecule has 0 radical (unpaired) electrons. The second-order valence-corrected chi connectivity index (χ2v) is 7.23. The number of carboxylic acid groups (broad SMARTS) is 1. The number of aryl methyl sites for hydroxylation is 1. The Hall–Kier alpha value is -0.920. The second kappa shape index (κ2) is 6.31. The van der Waals surface area contributed by atoms with E-state index >= 15 is 0 Å². The second-order valence-electron chi connectivity index (χ2n) is 4.33. The molecule has 1 atom stereocenters. The van der Waals surface area contributed by atoms with Gasteiger partial charge in [-0.2, -0.15) is 0 Å². The van der Waals surface area contributed by atoms with Gasteiger partial charge in [-0.1, -0.05) is 19.9 Å². The van der Waals surface area contributed by atoms with E-state index in [1.54, 1.807) is 13.8 Å². The van der Waals surface area contributed by atoms with Crippen molar-refractivity contribution in [3.63, 3.8) is 0 Å². The Labute approximate surface area is 111 Å². The van der Waals surface area contributed by atoms with Crippen molar-refractivity contribution in [3.05, 3.63) is 22.4 Å². The monoisotopic (exact) mass is 291 g/mol. The maximum Gasteiger partial charge on any atom is 0.321 e. The summed E-state index contributed by atoms with van der Waals surface area (Å²) in [6, 6.07) is 2.64. The standard InChI is InChI=1S/C11H17NO4S2/c1-8(2)10(11(13)14)12-18(15,16)7-5-9-4-3-6-17-9/h3-4,6,8,10,12H,5,7H2,1-2H3,(H,13,14)/t10-/m0/s1. The van der Waals surface area contributed by atoms with Crippen LogP contribution in [0.5, 0.6) is 0 Å². The minimum Gasteiger partial charge on any atom is -0.480 e. The van der Waals surface area contributed by atoms with Crippen LogP contribution in [0.1, 0.15) is 18.7 Å². The zero-order valence-corrected chi connectivity index (χ0v) is 11.9. The third-order valence-corrected chi connectivity index (χ3v) is 4.73. The van der Waals surface area contributed by atoms with Gasteiger partial charge in [0.15, 0.2) is 0 Å². The van der Waals surface area contributed by atoms with Crippen molar-refractivity contribution in [1.29, 1.82) is 0 Å². The van der Waals surface area contributed by atoms with Gasteiger partial charge in [0.05, 0.1) is 5.75 Å². The number of carboxylic acids is 1. The van der Waals surface area contributed by atoms with Crippen LogP contribution < -0.4 is 4.72 Å². The molecule has 1 heterocycles. The number of hydrogen-bond acceptors (Lipinski definition) is 4. The molecule has 0 aromatic carbocycles. The third kappa shape index (κ3) is 4.75. The first-order valence-electron chi connectivity index (χ1n) is 5.57. The molecule has 0 aliphatic heterocycles. The Morgan fingerprint density at radius 1 is 1.50 bits per heavy atom. The van der Waals surface area contributed by atoms with Crippen LogP contribution in [0.3, 0.4) is 0 Å². The van der Waals surface area contributed by atoms with Crippen LogP contribution in [-0.4, -0.2) is 31.3 Å². The summed E-state index contributed by atoms with van der Waals surface area (Å²) in [5.74, 6) is -1.53. The molecule has 1 aromatic heterocycles. The van der Waals surface area contributed by atoms with Gasteiger partial charge in [0.25, 0.3) is 0 Å². The third-order valence-electron chi connectivity index (χ3n) is 2.44. The summed E-state index contributed by atoms with van der Waals surface area (Å²) in [6.45, 7) is 3.33. The van der Waals surface area contributed by atoms with Crippen LogP contribution >= 0.6 is 11.3 Å². The lowest BCUT2D eigenvalue weighted by molar-refractivity contribution is -0.140. The summed E-state index contributed by atoms with van der Waals surface area (Å²) in [5, 5.41) is 10.8. The fraction of sp³-hybridized carbons (Fsp3) is 0.545. The maximum atomic E-state index is 11.8. The van der Waals surface area contributed by atoms with Crippen LogP contribution in [0.4, 0.5) is 0 Å². The largest absolute Gasteiger partial charge is 0.480 e. The lowest BCUT2D eigenvalue weighted by atomic mass is 10.1. The molecule has 0 amide bonds. The summed E-state index contributed by atoms with van der Waals surface area (Å²) >= 11 is 1.49. The van der Waals surface area contributed by atoms with Gasteiger partial charge in [-0.15, -0.1) is 11.3 Å². The van der Waals surface area contributed by atoms with E-state index in [-0.39, 0.29) is 11.7 Å². The molecule has 0 aliphatic rings. The minimum atomic E-state index is -3.57. The first kappa shape index (κ1) is 15.1. The summed E-state index contributed by atoms with van der Waals surface area (Å²) in [7, 11) is -3.57. The summed E-state index contributed by atoms with van der Waals surface area (Å²) in [4.78, 5) is 11.9. The molecule has 0 saturated heterocycles. The molecule has 18 heavy (non-hydrogen) atoms. The number of aliphatic carboxylic acids is 1. The molecule has 0 saturated carbocycles. The van der Waals surface area contributed by atoms with Gasteiger partial charge < -0.3 is 5.11 Å². The number of rotatable bonds is 7. The van der Waals surface area contributed by atoms with Crippen molar-refractivity contribution in [2.75, 3.05) is 5.75 Å². The highest BCUT2D eigenvalue weighted by Gasteiger charge is 2.26. The number of sulfonamides is 1.